The van der Waals surface area contributed by atoms with Crippen LogP contribution in [0, 0.1) is 0 Å². The predicted octanol–water partition coefficient (Wildman–Crippen LogP) is 1.76. The highest BCUT2D eigenvalue weighted by molar-refractivity contribution is 5.76. The first-order valence-corrected chi connectivity index (χ1v) is 7.64. The van der Waals surface area contributed by atoms with Crippen molar-refractivity contribution >= 4 is 5.91 Å². The summed E-state index contributed by atoms with van der Waals surface area (Å²) < 4.78 is 0. The maximum atomic E-state index is 11.9. The van der Waals surface area contributed by atoms with Crippen molar-refractivity contribution in [3.8, 4) is 0 Å². The Balaban J connectivity index is 2.33. The zero-order chi connectivity index (χ0) is 14.3. The fraction of sp³-hybridized carbons (Fsp3) is 0.933. The summed E-state index contributed by atoms with van der Waals surface area (Å²) in [4.78, 5) is 14.2. The number of hydrogen-bond donors (Lipinski definition) is 2. The molecule has 0 aromatic rings. The number of hydrogen-bond acceptors (Lipinski definition) is 3. The van der Waals surface area contributed by atoms with Gasteiger partial charge in [0.1, 0.15) is 0 Å². The van der Waals surface area contributed by atoms with Gasteiger partial charge in [-0.3, -0.25) is 4.79 Å². The summed E-state index contributed by atoms with van der Waals surface area (Å²) >= 11 is 0. The Morgan fingerprint density at radius 1 is 1.21 bits per heavy atom. The molecule has 4 heteroatoms. The summed E-state index contributed by atoms with van der Waals surface area (Å²) in [6, 6.07) is 0.444. The molecule has 1 fully saturated rings. The number of carbonyl (C=O) groups excluding carboxylic acids is 1. The van der Waals surface area contributed by atoms with Gasteiger partial charge >= 0.3 is 0 Å². The number of amides is 1. The van der Waals surface area contributed by atoms with Gasteiger partial charge in [0.15, 0.2) is 0 Å². The van der Waals surface area contributed by atoms with Crippen LogP contribution in [0.1, 0.15) is 52.4 Å². The van der Waals surface area contributed by atoms with Crippen molar-refractivity contribution in [3.63, 3.8) is 0 Å². The highest BCUT2D eigenvalue weighted by Gasteiger charge is 2.34. The van der Waals surface area contributed by atoms with Crippen molar-refractivity contribution in [2.75, 3.05) is 27.2 Å². The van der Waals surface area contributed by atoms with Crippen molar-refractivity contribution < 1.29 is 4.79 Å². The van der Waals surface area contributed by atoms with E-state index in [1.54, 1.807) is 0 Å². The van der Waals surface area contributed by atoms with Gasteiger partial charge in [0, 0.05) is 31.1 Å². The molecule has 0 spiro atoms. The van der Waals surface area contributed by atoms with Crippen LogP contribution >= 0.6 is 0 Å². The molecule has 2 N–H and O–H groups in total. The van der Waals surface area contributed by atoms with Gasteiger partial charge in [-0.2, -0.15) is 0 Å². The fourth-order valence-corrected chi connectivity index (χ4v) is 2.82. The molecule has 0 atom stereocenters. The number of nitrogens with zero attached hydrogens (tertiary/aromatic N) is 1. The molecule has 19 heavy (non-hydrogen) atoms. The SMILES string of the molecule is CC(C)NCCC(=O)NCC1(N(C)C)CCCCC1. The molecule has 1 aliphatic carbocycles. The van der Waals surface area contributed by atoms with Crippen LogP contribution in [0.4, 0.5) is 0 Å². The van der Waals surface area contributed by atoms with Crippen molar-refractivity contribution in [3.05, 3.63) is 0 Å². The lowest BCUT2D eigenvalue weighted by atomic mass is 9.80. The zero-order valence-electron chi connectivity index (χ0n) is 13.1. The molecule has 0 aliphatic heterocycles. The number of likely N-dealkylation sites (N-methyl/N-ethyl adjacent to an activating group) is 1. The molecular weight excluding hydrogens is 238 g/mol. The monoisotopic (exact) mass is 269 g/mol. The third-order valence-corrected chi connectivity index (χ3v) is 4.25. The van der Waals surface area contributed by atoms with Gasteiger partial charge in [-0.15, -0.1) is 0 Å². The number of nitrogens with one attached hydrogen (secondary N) is 2. The fourth-order valence-electron chi connectivity index (χ4n) is 2.82. The molecule has 0 unspecified atom stereocenters. The molecular formula is C15H31N3O. The number of rotatable bonds is 7. The van der Waals surface area contributed by atoms with Crippen LogP contribution in [-0.4, -0.2) is 49.6 Å². The largest absolute Gasteiger partial charge is 0.354 e. The third kappa shape index (κ3) is 5.49. The van der Waals surface area contributed by atoms with E-state index in [-0.39, 0.29) is 11.4 Å². The van der Waals surface area contributed by atoms with Crippen molar-refractivity contribution in [2.24, 2.45) is 0 Å². The molecule has 1 saturated carbocycles. The summed E-state index contributed by atoms with van der Waals surface area (Å²) in [6.07, 6.45) is 6.87. The average molecular weight is 269 g/mol. The molecule has 0 heterocycles. The Labute approximate surface area is 118 Å². The van der Waals surface area contributed by atoms with E-state index in [1.807, 2.05) is 0 Å². The van der Waals surface area contributed by atoms with Gasteiger partial charge in [0.25, 0.3) is 0 Å². The second-order valence-corrected chi connectivity index (χ2v) is 6.31. The van der Waals surface area contributed by atoms with Crippen LogP contribution in [0.2, 0.25) is 0 Å². The van der Waals surface area contributed by atoms with Crippen LogP contribution in [0.15, 0.2) is 0 Å². The molecule has 1 amide bonds. The van der Waals surface area contributed by atoms with Gasteiger partial charge in [-0.05, 0) is 26.9 Å². The summed E-state index contributed by atoms with van der Waals surface area (Å²) in [7, 11) is 4.27. The lowest BCUT2D eigenvalue weighted by molar-refractivity contribution is -0.121. The summed E-state index contributed by atoms with van der Waals surface area (Å²) in [5.74, 6) is 0.167. The van der Waals surface area contributed by atoms with E-state index < -0.39 is 0 Å². The standard InChI is InChI=1S/C15H31N3O/c1-13(2)16-11-8-14(19)17-12-15(18(3)4)9-6-5-7-10-15/h13,16H,5-12H2,1-4H3,(H,17,19). The second-order valence-electron chi connectivity index (χ2n) is 6.31. The first-order valence-electron chi connectivity index (χ1n) is 7.64. The minimum absolute atomic E-state index is 0.167. The van der Waals surface area contributed by atoms with Crippen LogP contribution < -0.4 is 10.6 Å². The van der Waals surface area contributed by atoms with Gasteiger partial charge in [0.2, 0.25) is 5.91 Å². The maximum absolute atomic E-state index is 11.9. The molecule has 0 radical (unpaired) electrons. The molecule has 1 rings (SSSR count). The zero-order valence-corrected chi connectivity index (χ0v) is 13.1. The second kappa shape index (κ2) is 7.85. The molecule has 1 aliphatic rings. The van der Waals surface area contributed by atoms with Crippen LogP contribution in [0.3, 0.4) is 0 Å². The van der Waals surface area contributed by atoms with E-state index in [1.165, 1.54) is 32.1 Å². The Kier molecular flexibility index (Phi) is 6.80. The highest BCUT2D eigenvalue weighted by atomic mass is 16.1. The van der Waals surface area contributed by atoms with Gasteiger partial charge in [0.05, 0.1) is 0 Å². The molecule has 0 aromatic heterocycles. The maximum Gasteiger partial charge on any atom is 0.221 e. The van der Waals surface area contributed by atoms with E-state index >= 15 is 0 Å². The minimum atomic E-state index is 0.167. The summed E-state index contributed by atoms with van der Waals surface area (Å²) in [5.41, 5.74) is 0.180. The lowest BCUT2D eigenvalue weighted by Gasteiger charge is -2.43. The van der Waals surface area contributed by atoms with Crippen molar-refractivity contribution in [2.45, 2.75) is 64.0 Å². The Hall–Kier alpha value is -0.610. The topological polar surface area (TPSA) is 44.4 Å². The van der Waals surface area contributed by atoms with Crippen LogP contribution in [-0.2, 0) is 4.79 Å². The van der Waals surface area contributed by atoms with Crippen LogP contribution in [0.5, 0.6) is 0 Å². The van der Waals surface area contributed by atoms with E-state index in [0.29, 0.717) is 12.5 Å². The Bertz CT molecular complexity index is 271. The normalized spacial score (nSPS) is 18.8. The van der Waals surface area contributed by atoms with Crippen LogP contribution in [0.25, 0.3) is 0 Å². The van der Waals surface area contributed by atoms with E-state index in [2.05, 4.69) is 43.5 Å². The molecule has 112 valence electrons. The number of carbonyl (C=O) groups is 1. The highest BCUT2D eigenvalue weighted by Crippen LogP contribution is 2.31. The first-order chi connectivity index (χ1) is 8.96. The quantitative estimate of drug-likeness (QED) is 0.740. The molecule has 0 aromatic carbocycles. The van der Waals surface area contributed by atoms with E-state index in [4.69, 9.17) is 0 Å². The summed E-state index contributed by atoms with van der Waals surface area (Å²) in [6.45, 7) is 5.75. The van der Waals surface area contributed by atoms with Gasteiger partial charge < -0.3 is 15.5 Å². The van der Waals surface area contributed by atoms with E-state index in [0.717, 1.165) is 13.1 Å². The molecule has 0 bridgehead atoms. The van der Waals surface area contributed by atoms with Crippen molar-refractivity contribution in [1.82, 2.24) is 15.5 Å². The minimum Gasteiger partial charge on any atom is -0.354 e. The third-order valence-electron chi connectivity index (χ3n) is 4.25. The van der Waals surface area contributed by atoms with Gasteiger partial charge in [-0.1, -0.05) is 33.1 Å². The lowest BCUT2D eigenvalue weighted by Crippen LogP contribution is -2.54. The Morgan fingerprint density at radius 2 is 1.84 bits per heavy atom. The molecule has 0 saturated heterocycles. The predicted molar refractivity (Wildman–Crippen MR) is 80.3 cm³/mol. The van der Waals surface area contributed by atoms with E-state index in [9.17, 15) is 4.79 Å². The van der Waals surface area contributed by atoms with Crippen molar-refractivity contribution in [1.29, 1.82) is 0 Å². The first kappa shape index (κ1) is 16.4. The van der Waals surface area contributed by atoms with Gasteiger partial charge in [-0.25, -0.2) is 0 Å². The average Bonchev–Trinajstić information content (AvgIpc) is 2.37. The molecule has 4 nitrogen and oxygen atoms in total. The summed E-state index contributed by atoms with van der Waals surface area (Å²) in [5, 5.41) is 6.40. The Morgan fingerprint density at radius 3 is 2.37 bits per heavy atom. The smallest absolute Gasteiger partial charge is 0.221 e.